The summed E-state index contributed by atoms with van der Waals surface area (Å²) in [5.41, 5.74) is 0. The van der Waals surface area contributed by atoms with Crippen molar-refractivity contribution in [1.82, 2.24) is 4.72 Å². The molecule has 0 saturated heterocycles. The van der Waals surface area contributed by atoms with Gasteiger partial charge in [-0.1, -0.05) is 12.2 Å². The van der Waals surface area contributed by atoms with E-state index < -0.39 is 10.0 Å². The molecule has 1 aromatic carbocycles. The number of methoxy groups -OCH3 is 2. The predicted molar refractivity (Wildman–Crippen MR) is 83.6 cm³/mol. The number of benzene rings is 1. The van der Waals surface area contributed by atoms with Crippen LogP contribution in [0.3, 0.4) is 0 Å². The van der Waals surface area contributed by atoms with Crippen LogP contribution in [0.4, 0.5) is 0 Å². The summed E-state index contributed by atoms with van der Waals surface area (Å²) >= 11 is 0. The number of allylic oxidation sites excluding steroid dienone is 2. The van der Waals surface area contributed by atoms with E-state index in [2.05, 4.69) is 16.9 Å². The zero-order valence-corrected chi connectivity index (χ0v) is 13.6. The molecule has 1 fully saturated rings. The molecule has 1 saturated carbocycles. The first kappa shape index (κ1) is 15.4. The third-order valence-corrected chi connectivity index (χ3v) is 6.04. The van der Waals surface area contributed by atoms with E-state index in [9.17, 15) is 8.42 Å². The van der Waals surface area contributed by atoms with Gasteiger partial charge in [0.05, 0.1) is 19.1 Å². The van der Waals surface area contributed by atoms with Gasteiger partial charge in [0.1, 0.15) is 0 Å². The summed E-state index contributed by atoms with van der Waals surface area (Å²) in [7, 11) is -0.522. The maximum Gasteiger partial charge on any atom is 0.240 e. The molecule has 120 valence electrons. The highest BCUT2D eigenvalue weighted by Crippen LogP contribution is 2.43. The van der Waals surface area contributed by atoms with Crippen LogP contribution in [-0.4, -0.2) is 29.2 Å². The van der Waals surface area contributed by atoms with Gasteiger partial charge < -0.3 is 9.47 Å². The first-order valence-electron chi connectivity index (χ1n) is 7.43. The van der Waals surface area contributed by atoms with Crippen molar-refractivity contribution < 1.29 is 17.9 Å². The van der Waals surface area contributed by atoms with Gasteiger partial charge in [0.2, 0.25) is 10.0 Å². The van der Waals surface area contributed by atoms with Crippen molar-refractivity contribution in [3.8, 4) is 11.5 Å². The van der Waals surface area contributed by atoms with Crippen molar-refractivity contribution in [2.24, 2.45) is 17.8 Å². The van der Waals surface area contributed by atoms with E-state index >= 15 is 0 Å². The number of fused-ring (bicyclic) bond motifs is 2. The molecular weight excluding hydrogens is 302 g/mol. The monoisotopic (exact) mass is 323 g/mol. The molecule has 0 aromatic heterocycles. The number of rotatable bonds is 6. The van der Waals surface area contributed by atoms with Crippen molar-refractivity contribution in [2.45, 2.75) is 17.7 Å². The van der Waals surface area contributed by atoms with Crippen LogP contribution < -0.4 is 14.2 Å². The topological polar surface area (TPSA) is 64.6 Å². The number of sulfonamides is 1. The molecule has 3 atom stereocenters. The Kier molecular flexibility index (Phi) is 4.14. The number of hydrogen-bond donors (Lipinski definition) is 1. The quantitative estimate of drug-likeness (QED) is 0.815. The first-order valence-corrected chi connectivity index (χ1v) is 8.92. The summed E-state index contributed by atoms with van der Waals surface area (Å²) in [6.07, 6.45) is 6.73. The Bertz CT molecular complexity index is 683. The van der Waals surface area contributed by atoms with Crippen LogP contribution in [0.5, 0.6) is 11.5 Å². The van der Waals surface area contributed by atoms with Gasteiger partial charge in [-0.15, -0.1) is 0 Å². The summed E-state index contributed by atoms with van der Waals surface area (Å²) in [4.78, 5) is 0.198. The van der Waals surface area contributed by atoms with Crippen LogP contribution >= 0.6 is 0 Å². The van der Waals surface area contributed by atoms with E-state index in [0.29, 0.717) is 35.8 Å². The largest absolute Gasteiger partial charge is 0.493 e. The number of hydrogen-bond acceptors (Lipinski definition) is 4. The van der Waals surface area contributed by atoms with Crippen molar-refractivity contribution in [2.75, 3.05) is 20.8 Å². The predicted octanol–water partition coefficient (Wildman–Crippen LogP) is 2.19. The Morgan fingerprint density at radius 1 is 1.14 bits per heavy atom. The molecule has 2 bridgehead atoms. The van der Waals surface area contributed by atoms with Crippen molar-refractivity contribution >= 4 is 10.0 Å². The molecule has 1 N–H and O–H groups in total. The number of nitrogens with one attached hydrogen (secondary N) is 1. The minimum Gasteiger partial charge on any atom is -0.493 e. The second-order valence-electron chi connectivity index (χ2n) is 5.91. The zero-order chi connectivity index (χ0) is 15.7. The van der Waals surface area contributed by atoms with E-state index in [1.807, 2.05) is 0 Å². The molecule has 0 amide bonds. The Balaban J connectivity index is 1.71. The summed E-state index contributed by atoms with van der Waals surface area (Å²) < 4.78 is 37.9. The van der Waals surface area contributed by atoms with E-state index in [4.69, 9.17) is 9.47 Å². The van der Waals surface area contributed by atoms with Crippen molar-refractivity contribution in [3.05, 3.63) is 30.4 Å². The first-order chi connectivity index (χ1) is 10.5. The fourth-order valence-corrected chi connectivity index (χ4v) is 4.52. The SMILES string of the molecule is COc1ccc(S(=O)(=O)NC[C@@H]2C[C@H]3C=C[C@H]2C3)cc1OC. The highest BCUT2D eigenvalue weighted by molar-refractivity contribution is 7.89. The summed E-state index contributed by atoms with van der Waals surface area (Å²) in [6.45, 7) is 0.488. The van der Waals surface area contributed by atoms with Gasteiger partial charge in [-0.25, -0.2) is 13.1 Å². The molecule has 0 spiro atoms. The van der Waals surface area contributed by atoms with Gasteiger partial charge in [0, 0.05) is 12.6 Å². The number of ether oxygens (including phenoxy) is 2. The van der Waals surface area contributed by atoms with Crippen LogP contribution in [0, 0.1) is 17.8 Å². The molecule has 2 aliphatic carbocycles. The molecule has 0 aliphatic heterocycles. The normalized spacial score (nSPS) is 26.4. The van der Waals surface area contributed by atoms with Gasteiger partial charge in [0.25, 0.3) is 0 Å². The van der Waals surface area contributed by atoms with Crippen molar-refractivity contribution in [3.63, 3.8) is 0 Å². The van der Waals surface area contributed by atoms with Crippen molar-refractivity contribution in [1.29, 1.82) is 0 Å². The van der Waals surface area contributed by atoms with Gasteiger partial charge in [0.15, 0.2) is 11.5 Å². The third-order valence-electron chi connectivity index (χ3n) is 4.62. The Labute approximate surface area is 131 Å². The second kappa shape index (κ2) is 5.93. The van der Waals surface area contributed by atoms with Gasteiger partial charge in [-0.05, 0) is 42.7 Å². The lowest BCUT2D eigenvalue weighted by Crippen LogP contribution is -2.31. The van der Waals surface area contributed by atoms with Crippen LogP contribution in [0.15, 0.2) is 35.2 Å². The molecule has 5 nitrogen and oxygen atoms in total. The highest BCUT2D eigenvalue weighted by atomic mass is 32.2. The average Bonchev–Trinajstić information content (AvgIpc) is 3.15. The van der Waals surface area contributed by atoms with E-state index in [-0.39, 0.29) is 4.90 Å². The third kappa shape index (κ3) is 2.85. The molecular formula is C16H21NO4S. The summed E-state index contributed by atoms with van der Waals surface area (Å²) in [6, 6.07) is 4.62. The standard InChI is InChI=1S/C16H21NO4S/c1-20-15-6-5-14(9-16(15)21-2)22(18,19)17-10-13-8-11-3-4-12(13)7-11/h3-6,9,11-13,17H,7-8,10H2,1-2H3/t11-,12-,13-/m0/s1. The fraction of sp³-hybridized carbons (Fsp3) is 0.500. The molecule has 22 heavy (non-hydrogen) atoms. The lowest BCUT2D eigenvalue weighted by Gasteiger charge is -2.18. The van der Waals surface area contributed by atoms with E-state index in [0.717, 1.165) is 6.42 Å². The Morgan fingerprint density at radius 3 is 2.50 bits per heavy atom. The lowest BCUT2D eigenvalue weighted by atomic mass is 9.94. The molecule has 1 aromatic rings. The zero-order valence-electron chi connectivity index (χ0n) is 12.8. The molecule has 2 aliphatic rings. The van der Waals surface area contributed by atoms with Crippen LogP contribution in [-0.2, 0) is 10.0 Å². The molecule has 0 unspecified atom stereocenters. The van der Waals surface area contributed by atoms with E-state index in [1.54, 1.807) is 6.07 Å². The highest BCUT2D eigenvalue weighted by Gasteiger charge is 2.36. The van der Waals surface area contributed by atoms with E-state index in [1.165, 1.54) is 32.8 Å². The molecule has 0 radical (unpaired) electrons. The minimum absolute atomic E-state index is 0.198. The lowest BCUT2D eigenvalue weighted by molar-refractivity contribution is 0.354. The Morgan fingerprint density at radius 2 is 1.91 bits per heavy atom. The molecule has 0 heterocycles. The van der Waals surface area contributed by atoms with Crippen LogP contribution in [0.1, 0.15) is 12.8 Å². The fourth-order valence-electron chi connectivity index (χ4n) is 3.41. The maximum absolute atomic E-state index is 12.4. The van der Waals surface area contributed by atoms with Gasteiger partial charge in [-0.3, -0.25) is 0 Å². The summed E-state index contributed by atoms with van der Waals surface area (Å²) in [5, 5.41) is 0. The van der Waals surface area contributed by atoms with Crippen LogP contribution in [0.25, 0.3) is 0 Å². The van der Waals surface area contributed by atoms with Crippen LogP contribution in [0.2, 0.25) is 0 Å². The second-order valence-corrected chi connectivity index (χ2v) is 7.68. The van der Waals surface area contributed by atoms with Gasteiger partial charge in [-0.2, -0.15) is 0 Å². The maximum atomic E-state index is 12.4. The molecule has 3 rings (SSSR count). The average molecular weight is 323 g/mol. The molecule has 6 heteroatoms. The smallest absolute Gasteiger partial charge is 0.240 e. The Hall–Kier alpha value is -1.53. The minimum atomic E-state index is -3.53. The summed E-state index contributed by atoms with van der Waals surface area (Å²) in [5.74, 6) is 2.50. The van der Waals surface area contributed by atoms with Gasteiger partial charge >= 0.3 is 0 Å².